The quantitative estimate of drug-likeness (QED) is 0.656. The van der Waals surface area contributed by atoms with Crippen molar-refractivity contribution in [1.82, 2.24) is 20.2 Å². The Morgan fingerprint density at radius 3 is 3.00 bits per heavy atom. The number of nitrogens with zero attached hydrogens (tertiary/aromatic N) is 2. The predicted molar refractivity (Wildman–Crippen MR) is 54.1 cm³/mol. The highest BCUT2D eigenvalue weighted by atomic mass is 16.1. The summed E-state index contributed by atoms with van der Waals surface area (Å²) in [4.78, 5) is 20.0. The molecule has 0 aromatic carbocycles. The van der Waals surface area contributed by atoms with Crippen molar-refractivity contribution in [3.63, 3.8) is 0 Å². The van der Waals surface area contributed by atoms with E-state index in [1.54, 1.807) is 0 Å². The van der Waals surface area contributed by atoms with Gasteiger partial charge in [-0.15, -0.1) is 0 Å². The molecule has 1 rings (SSSR count). The molecule has 1 heterocycles. The molecular formula is C9H16N4O. The zero-order chi connectivity index (χ0) is 10.4. The van der Waals surface area contributed by atoms with E-state index in [-0.39, 0.29) is 5.91 Å². The van der Waals surface area contributed by atoms with Crippen molar-refractivity contribution >= 4 is 5.91 Å². The van der Waals surface area contributed by atoms with Crippen LogP contribution in [0.2, 0.25) is 0 Å². The van der Waals surface area contributed by atoms with Gasteiger partial charge in [0.05, 0.1) is 12.5 Å². The molecule has 0 unspecified atom stereocenters. The third-order valence-electron chi connectivity index (χ3n) is 1.81. The maximum absolute atomic E-state index is 11.4. The van der Waals surface area contributed by atoms with Gasteiger partial charge < -0.3 is 15.2 Å². The van der Waals surface area contributed by atoms with Crippen LogP contribution in [0.15, 0.2) is 12.5 Å². The molecule has 0 aliphatic carbocycles. The third kappa shape index (κ3) is 3.57. The first kappa shape index (κ1) is 10.7. The Morgan fingerprint density at radius 1 is 1.64 bits per heavy atom. The lowest BCUT2D eigenvalue weighted by atomic mass is 10.4. The van der Waals surface area contributed by atoms with Crippen LogP contribution < -0.4 is 5.32 Å². The fourth-order valence-electron chi connectivity index (χ4n) is 1.07. The molecule has 1 aromatic heterocycles. The van der Waals surface area contributed by atoms with Crippen molar-refractivity contribution in [1.29, 1.82) is 0 Å². The van der Waals surface area contributed by atoms with Crippen LogP contribution in [0.3, 0.4) is 0 Å². The van der Waals surface area contributed by atoms with Gasteiger partial charge in [-0.1, -0.05) is 0 Å². The van der Waals surface area contributed by atoms with Gasteiger partial charge in [0.2, 0.25) is 0 Å². The lowest BCUT2D eigenvalue weighted by Gasteiger charge is -2.09. The number of aromatic amines is 1. The summed E-state index contributed by atoms with van der Waals surface area (Å²) in [5.74, 6) is -0.0961. The molecule has 14 heavy (non-hydrogen) atoms. The number of hydrogen-bond donors (Lipinski definition) is 2. The van der Waals surface area contributed by atoms with Crippen LogP contribution in [0.4, 0.5) is 0 Å². The van der Waals surface area contributed by atoms with E-state index < -0.39 is 0 Å². The first-order valence-corrected chi connectivity index (χ1v) is 4.61. The summed E-state index contributed by atoms with van der Waals surface area (Å²) in [6, 6.07) is 0. The molecule has 1 aromatic rings. The van der Waals surface area contributed by atoms with Gasteiger partial charge in [-0.2, -0.15) is 0 Å². The SMILES string of the molecule is CN(C)CCCNC(=O)c1cnc[nH]1. The number of imidazole rings is 1. The summed E-state index contributed by atoms with van der Waals surface area (Å²) >= 11 is 0. The summed E-state index contributed by atoms with van der Waals surface area (Å²) in [6.07, 6.45) is 3.96. The van der Waals surface area contributed by atoms with Crippen molar-refractivity contribution < 1.29 is 4.79 Å². The number of nitrogens with one attached hydrogen (secondary N) is 2. The summed E-state index contributed by atoms with van der Waals surface area (Å²) in [7, 11) is 4.02. The molecule has 0 radical (unpaired) electrons. The smallest absolute Gasteiger partial charge is 0.269 e. The van der Waals surface area contributed by atoms with Crippen LogP contribution in [0.1, 0.15) is 16.9 Å². The number of carbonyl (C=O) groups is 1. The largest absolute Gasteiger partial charge is 0.351 e. The topological polar surface area (TPSA) is 61.0 Å². The molecule has 0 atom stereocenters. The Bertz CT molecular complexity index is 268. The maximum atomic E-state index is 11.4. The number of carbonyl (C=O) groups excluding carboxylic acids is 1. The zero-order valence-corrected chi connectivity index (χ0v) is 8.58. The zero-order valence-electron chi connectivity index (χ0n) is 8.58. The van der Waals surface area contributed by atoms with E-state index in [1.165, 1.54) is 12.5 Å². The van der Waals surface area contributed by atoms with Crippen molar-refractivity contribution in [2.75, 3.05) is 27.2 Å². The molecule has 5 nitrogen and oxygen atoms in total. The van der Waals surface area contributed by atoms with Gasteiger partial charge >= 0.3 is 0 Å². The molecule has 0 fully saturated rings. The van der Waals surface area contributed by atoms with Crippen LogP contribution in [-0.4, -0.2) is 48.0 Å². The Labute approximate surface area is 83.5 Å². The minimum absolute atomic E-state index is 0.0961. The molecule has 0 aliphatic heterocycles. The fraction of sp³-hybridized carbons (Fsp3) is 0.556. The summed E-state index contributed by atoms with van der Waals surface area (Å²) in [6.45, 7) is 1.67. The monoisotopic (exact) mass is 196 g/mol. The second-order valence-corrected chi connectivity index (χ2v) is 3.38. The van der Waals surface area contributed by atoms with Crippen molar-refractivity contribution in [2.45, 2.75) is 6.42 Å². The minimum Gasteiger partial charge on any atom is -0.351 e. The second-order valence-electron chi connectivity index (χ2n) is 3.38. The lowest BCUT2D eigenvalue weighted by Crippen LogP contribution is -2.27. The molecule has 0 aliphatic rings. The predicted octanol–water partition coefficient (Wildman–Crippen LogP) is 0.0912. The van der Waals surface area contributed by atoms with E-state index in [9.17, 15) is 4.79 Å². The van der Waals surface area contributed by atoms with Gasteiger partial charge in [-0.3, -0.25) is 4.79 Å². The number of aromatic nitrogens is 2. The van der Waals surface area contributed by atoms with Crippen LogP contribution in [0, 0.1) is 0 Å². The average Bonchev–Trinajstić information content (AvgIpc) is 2.64. The Morgan fingerprint density at radius 2 is 2.43 bits per heavy atom. The van der Waals surface area contributed by atoms with Gasteiger partial charge in [0.15, 0.2) is 0 Å². The Balaban J connectivity index is 2.16. The number of rotatable bonds is 5. The maximum Gasteiger partial charge on any atom is 0.269 e. The van der Waals surface area contributed by atoms with Crippen LogP contribution in [0.5, 0.6) is 0 Å². The third-order valence-corrected chi connectivity index (χ3v) is 1.81. The molecule has 2 N–H and O–H groups in total. The highest BCUT2D eigenvalue weighted by Gasteiger charge is 2.04. The Kier molecular flexibility index (Phi) is 4.12. The molecule has 0 saturated carbocycles. The van der Waals surface area contributed by atoms with Crippen molar-refractivity contribution in [3.8, 4) is 0 Å². The fourth-order valence-corrected chi connectivity index (χ4v) is 1.07. The van der Waals surface area contributed by atoms with E-state index in [0.717, 1.165) is 13.0 Å². The van der Waals surface area contributed by atoms with Crippen molar-refractivity contribution in [3.05, 3.63) is 18.2 Å². The van der Waals surface area contributed by atoms with E-state index in [1.807, 2.05) is 14.1 Å². The molecule has 78 valence electrons. The molecule has 1 amide bonds. The van der Waals surface area contributed by atoms with Crippen LogP contribution in [0.25, 0.3) is 0 Å². The first-order valence-electron chi connectivity index (χ1n) is 4.61. The summed E-state index contributed by atoms with van der Waals surface area (Å²) in [5, 5.41) is 2.80. The molecule has 0 bridgehead atoms. The average molecular weight is 196 g/mol. The minimum atomic E-state index is -0.0961. The molecule has 5 heteroatoms. The van der Waals surface area contributed by atoms with Gasteiger partial charge in [-0.25, -0.2) is 4.98 Å². The van der Waals surface area contributed by atoms with E-state index >= 15 is 0 Å². The highest BCUT2D eigenvalue weighted by molar-refractivity contribution is 5.91. The molecular weight excluding hydrogens is 180 g/mol. The lowest BCUT2D eigenvalue weighted by molar-refractivity contribution is 0.0948. The number of hydrogen-bond acceptors (Lipinski definition) is 3. The van der Waals surface area contributed by atoms with Crippen LogP contribution >= 0.6 is 0 Å². The van der Waals surface area contributed by atoms with E-state index in [4.69, 9.17) is 0 Å². The van der Waals surface area contributed by atoms with E-state index in [2.05, 4.69) is 20.2 Å². The summed E-state index contributed by atoms with van der Waals surface area (Å²) < 4.78 is 0. The highest BCUT2D eigenvalue weighted by Crippen LogP contribution is 1.90. The van der Waals surface area contributed by atoms with Gasteiger partial charge in [-0.05, 0) is 27.1 Å². The number of amides is 1. The second kappa shape index (κ2) is 5.39. The van der Waals surface area contributed by atoms with Crippen LogP contribution in [-0.2, 0) is 0 Å². The van der Waals surface area contributed by atoms with E-state index in [0.29, 0.717) is 12.2 Å². The summed E-state index contributed by atoms with van der Waals surface area (Å²) in [5.41, 5.74) is 0.509. The van der Waals surface area contributed by atoms with Gasteiger partial charge in [0, 0.05) is 6.54 Å². The molecule has 0 spiro atoms. The van der Waals surface area contributed by atoms with Gasteiger partial charge in [0.1, 0.15) is 5.69 Å². The standard InChI is InChI=1S/C9H16N4O/c1-13(2)5-3-4-11-9(14)8-6-10-7-12-8/h6-7H,3-5H2,1-2H3,(H,10,12)(H,11,14). The van der Waals surface area contributed by atoms with Gasteiger partial charge in [0.25, 0.3) is 5.91 Å². The number of H-pyrrole nitrogens is 1. The van der Waals surface area contributed by atoms with Crippen molar-refractivity contribution in [2.24, 2.45) is 0 Å². The Hall–Kier alpha value is -1.36. The molecule has 0 saturated heterocycles. The first-order chi connectivity index (χ1) is 6.70. The normalized spacial score (nSPS) is 10.5.